The number of phenols is 1. The Bertz CT molecular complexity index is 406. The van der Waals surface area contributed by atoms with Crippen LogP contribution in [0.1, 0.15) is 30.1 Å². The molecular weight excluding hydrogens is 234 g/mol. The van der Waals surface area contributed by atoms with Crippen LogP contribution in [0.5, 0.6) is 11.5 Å². The van der Waals surface area contributed by atoms with Gasteiger partial charge >= 0.3 is 0 Å². The maximum atomic E-state index is 11.7. The number of phenolic OH excluding ortho intramolecular Hbond substituents is 1. The monoisotopic (exact) mass is 253 g/mol. The number of amides is 1. The molecule has 1 rings (SSSR count). The number of carbonyl (C=O) groups is 1. The number of carbonyl (C=O) groups excluding carboxylic acids is 1. The molecule has 1 unspecified atom stereocenters. The first-order valence-electron chi connectivity index (χ1n) is 5.91. The van der Waals surface area contributed by atoms with Crippen molar-refractivity contribution in [3.05, 3.63) is 23.8 Å². The van der Waals surface area contributed by atoms with Gasteiger partial charge in [-0.25, -0.2) is 0 Å². The Kier molecular flexibility index (Phi) is 5.45. The van der Waals surface area contributed by atoms with E-state index in [1.807, 2.05) is 6.92 Å². The number of hydrogen-bond acceptors (Lipinski definition) is 4. The highest BCUT2D eigenvalue weighted by Gasteiger charge is 2.11. The van der Waals surface area contributed by atoms with Crippen molar-refractivity contribution in [2.45, 2.75) is 25.9 Å². The minimum absolute atomic E-state index is 0.0840. The summed E-state index contributed by atoms with van der Waals surface area (Å²) in [6.45, 7) is 2.17. The molecule has 0 aliphatic rings. The highest BCUT2D eigenvalue weighted by atomic mass is 16.5. The first-order valence-corrected chi connectivity index (χ1v) is 5.91. The lowest BCUT2D eigenvalue weighted by Gasteiger charge is -2.11. The molecule has 0 heterocycles. The number of aliphatic hydroxyl groups excluding tert-OH is 1. The Labute approximate surface area is 106 Å². The smallest absolute Gasteiger partial charge is 0.251 e. The molecule has 5 heteroatoms. The summed E-state index contributed by atoms with van der Waals surface area (Å²) in [6, 6.07) is 4.41. The standard InChI is InChI=1S/C13H19NO4/c1-3-4-10(15)8-14-13(17)9-5-6-12(18-2)11(16)7-9/h5-7,10,15-16H,3-4,8H2,1-2H3,(H,14,17). The number of benzene rings is 1. The summed E-state index contributed by atoms with van der Waals surface area (Å²) in [5.74, 6) is -0.0973. The van der Waals surface area contributed by atoms with E-state index in [9.17, 15) is 15.0 Å². The predicted molar refractivity (Wildman–Crippen MR) is 67.9 cm³/mol. The second-order valence-electron chi connectivity index (χ2n) is 4.04. The van der Waals surface area contributed by atoms with Gasteiger partial charge in [0.1, 0.15) is 0 Å². The van der Waals surface area contributed by atoms with Crippen molar-refractivity contribution in [2.75, 3.05) is 13.7 Å². The molecule has 100 valence electrons. The predicted octanol–water partition coefficient (Wildman–Crippen LogP) is 1.29. The van der Waals surface area contributed by atoms with Crippen LogP contribution in [-0.4, -0.2) is 35.9 Å². The molecule has 0 aliphatic carbocycles. The van der Waals surface area contributed by atoms with Crippen molar-refractivity contribution in [3.8, 4) is 11.5 Å². The zero-order valence-corrected chi connectivity index (χ0v) is 10.6. The maximum Gasteiger partial charge on any atom is 0.251 e. The molecular formula is C13H19NO4. The third kappa shape index (κ3) is 3.92. The van der Waals surface area contributed by atoms with Gasteiger partial charge in [0.25, 0.3) is 5.91 Å². The molecule has 0 aliphatic heterocycles. The highest BCUT2D eigenvalue weighted by molar-refractivity contribution is 5.94. The third-order valence-corrected chi connectivity index (χ3v) is 2.56. The summed E-state index contributed by atoms with van der Waals surface area (Å²) in [5.41, 5.74) is 0.331. The topological polar surface area (TPSA) is 78.8 Å². The summed E-state index contributed by atoms with van der Waals surface area (Å²) in [4.78, 5) is 11.7. The van der Waals surface area contributed by atoms with Gasteiger partial charge in [-0.15, -0.1) is 0 Å². The average Bonchev–Trinajstić information content (AvgIpc) is 2.36. The van der Waals surface area contributed by atoms with E-state index in [2.05, 4.69) is 5.32 Å². The molecule has 1 aromatic carbocycles. The van der Waals surface area contributed by atoms with Crippen LogP contribution in [0.25, 0.3) is 0 Å². The van der Waals surface area contributed by atoms with Crippen molar-refractivity contribution in [3.63, 3.8) is 0 Å². The van der Waals surface area contributed by atoms with Crippen LogP contribution in [0, 0.1) is 0 Å². The molecule has 0 saturated carbocycles. The Morgan fingerprint density at radius 1 is 1.50 bits per heavy atom. The van der Waals surface area contributed by atoms with E-state index < -0.39 is 6.10 Å². The van der Waals surface area contributed by atoms with Crippen LogP contribution < -0.4 is 10.1 Å². The summed E-state index contributed by atoms with van der Waals surface area (Å²) < 4.78 is 4.89. The molecule has 1 amide bonds. The Morgan fingerprint density at radius 3 is 2.78 bits per heavy atom. The lowest BCUT2D eigenvalue weighted by Crippen LogP contribution is -2.31. The van der Waals surface area contributed by atoms with E-state index >= 15 is 0 Å². The number of hydrogen-bond donors (Lipinski definition) is 3. The van der Waals surface area contributed by atoms with E-state index in [1.54, 1.807) is 6.07 Å². The van der Waals surface area contributed by atoms with E-state index in [4.69, 9.17) is 4.74 Å². The molecule has 3 N–H and O–H groups in total. The van der Waals surface area contributed by atoms with Gasteiger partial charge in [-0.3, -0.25) is 4.79 Å². The van der Waals surface area contributed by atoms with Crippen LogP contribution in [0.4, 0.5) is 0 Å². The second-order valence-corrected chi connectivity index (χ2v) is 4.04. The first kappa shape index (κ1) is 14.3. The number of methoxy groups -OCH3 is 1. The van der Waals surface area contributed by atoms with Crippen LogP contribution in [0.15, 0.2) is 18.2 Å². The molecule has 5 nitrogen and oxygen atoms in total. The fraction of sp³-hybridized carbons (Fsp3) is 0.462. The zero-order valence-electron chi connectivity index (χ0n) is 10.6. The van der Waals surface area contributed by atoms with E-state index in [0.717, 1.165) is 6.42 Å². The number of rotatable bonds is 6. The maximum absolute atomic E-state index is 11.7. The SMILES string of the molecule is CCCC(O)CNC(=O)c1ccc(OC)c(O)c1. The van der Waals surface area contributed by atoms with Gasteiger partial charge in [-0.05, 0) is 24.6 Å². The van der Waals surface area contributed by atoms with Gasteiger partial charge in [-0.1, -0.05) is 13.3 Å². The Hall–Kier alpha value is -1.75. The number of aliphatic hydroxyl groups is 1. The lowest BCUT2D eigenvalue weighted by molar-refractivity contribution is 0.0909. The van der Waals surface area contributed by atoms with Crippen molar-refractivity contribution in [1.82, 2.24) is 5.32 Å². The molecule has 0 spiro atoms. The third-order valence-electron chi connectivity index (χ3n) is 2.56. The number of aromatic hydroxyl groups is 1. The van der Waals surface area contributed by atoms with Crippen LogP contribution in [0.3, 0.4) is 0 Å². The molecule has 0 bridgehead atoms. The van der Waals surface area contributed by atoms with Crippen LogP contribution >= 0.6 is 0 Å². The Morgan fingerprint density at radius 2 is 2.22 bits per heavy atom. The molecule has 0 saturated heterocycles. The van der Waals surface area contributed by atoms with Gasteiger partial charge in [0, 0.05) is 12.1 Å². The molecule has 0 radical (unpaired) electrons. The van der Waals surface area contributed by atoms with Crippen molar-refractivity contribution in [1.29, 1.82) is 0 Å². The summed E-state index contributed by atoms with van der Waals surface area (Å²) in [7, 11) is 1.44. The van der Waals surface area contributed by atoms with Gasteiger partial charge < -0.3 is 20.3 Å². The molecule has 0 fully saturated rings. The summed E-state index contributed by atoms with van der Waals surface area (Å²) in [6.07, 6.45) is 0.972. The molecule has 1 aromatic rings. The molecule has 0 aromatic heterocycles. The minimum atomic E-state index is -0.536. The largest absolute Gasteiger partial charge is 0.504 e. The fourth-order valence-corrected chi connectivity index (χ4v) is 1.58. The fourth-order valence-electron chi connectivity index (χ4n) is 1.58. The van der Waals surface area contributed by atoms with Crippen molar-refractivity contribution >= 4 is 5.91 Å². The normalized spacial score (nSPS) is 11.9. The number of nitrogens with one attached hydrogen (secondary N) is 1. The minimum Gasteiger partial charge on any atom is -0.504 e. The van der Waals surface area contributed by atoms with Crippen molar-refractivity contribution in [2.24, 2.45) is 0 Å². The number of ether oxygens (including phenoxy) is 1. The first-order chi connectivity index (χ1) is 8.58. The quantitative estimate of drug-likeness (QED) is 0.714. The summed E-state index contributed by atoms with van der Waals surface area (Å²) in [5, 5.41) is 21.7. The zero-order chi connectivity index (χ0) is 13.5. The second kappa shape index (κ2) is 6.86. The van der Waals surface area contributed by atoms with Gasteiger partial charge in [0.2, 0.25) is 0 Å². The lowest BCUT2D eigenvalue weighted by atomic mass is 10.1. The molecule has 18 heavy (non-hydrogen) atoms. The molecule has 1 atom stereocenters. The van der Waals surface area contributed by atoms with Crippen molar-refractivity contribution < 1.29 is 19.7 Å². The van der Waals surface area contributed by atoms with Gasteiger partial charge in [0.15, 0.2) is 11.5 Å². The summed E-state index contributed by atoms with van der Waals surface area (Å²) >= 11 is 0. The average molecular weight is 253 g/mol. The highest BCUT2D eigenvalue weighted by Crippen LogP contribution is 2.26. The van der Waals surface area contributed by atoms with E-state index in [-0.39, 0.29) is 18.2 Å². The Balaban J connectivity index is 2.59. The van der Waals surface area contributed by atoms with Crippen LogP contribution in [0.2, 0.25) is 0 Å². The van der Waals surface area contributed by atoms with Crippen LogP contribution in [-0.2, 0) is 0 Å². The van der Waals surface area contributed by atoms with E-state index in [1.165, 1.54) is 19.2 Å². The van der Waals surface area contributed by atoms with Gasteiger partial charge in [-0.2, -0.15) is 0 Å². The van der Waals surface area contributed by atoms with E-state index in [0.29, 0.717) is 17.7 Å². The van der Waals surface area contributed by atoms with Gasteiger partial charge in [0.05, 0.1) is 13.2 Å².